The third kappa shape index (κ3) is 2.94. The van der Waals surface area contributed by atoms with Crippen molar-refractivity contribution in [2.45, 2.75) is 6.92 Å². The van der Waals surface area contributed by atoms with Gasteiger partial charge in [-0.25, -0.2) is 4.98 Å². The summed E-state index contributed by atoms with van der Waals surface area (Å²) in [5.74, 6) is 0.975. The van der Waals surface area contributed by atoms with Crippen molar-refractivity contribution in [3.63, 3.8) is 0 Å². The molecule has 6 heteroatoms. The van der Waals surface area contributed by atoms with Crippen molar-refractivity contribution in [2.75, 3.05) is 36.0 Å². The lowest BCUT2D eigenvalue weighted by Crippen LogP contribution is -2.47. The summed E-state index contributed by atoms with van der Waals surface area (Å²) in [6.07, 6.45) is 0. The van der Waals surface area contributed by atoms with Gasteiger partial charge in [0.15, 0.2) is 0 Å². The summed E-state index contributed by atoms with van der Waals surface area (Å²) in [7, 11) is 0. The Labute approximate surface area is 151 Å². The molecule has 2 aromatic carbocycles. The largest absolute Gasteiger partial charge is 0.362 e. The van der Waals surface area contributed by atoms with Gasteiger partial charge >= 0.3 is 0 Å². The van der Waals surface area contributed by atoms with Crippen LogP contribution in [0.25, 0.3) is 10.9 Å². The maximum Gasteiger partial charge on any atom is 0.292 e. The molecule has 26 heavy (non-hydrogen) atoms. The number of para-hydroxylation sites is 3. The van der Waals surface area contributed by atoms with Crippen LogP contribution in [0.1, 0.15) is 5.56 Å². The molecular weight excluding hydrogens is 328 g/mol. The molecule has 1 aromatic heterocycles. The minimum Gasteiger partial charge on any atom is -0.362 e. The number of nitro benzene ring substituents is 1. The van der Waals surface area contributed by atoms with Gasteiger partial charge in [0.1, 0.15) is 11.5 Å². The van der Waals surface area contributed by atoms with Crippen molar-refractivity contribution >= 4 is 28.1 Å². The molecular formula is C20H20N4O2. The zero-order valence-electron chi connectivity index (χ0n) is 14.6. The Bertz CT molecular complexity index is 965. The Kier molecular flexibility index (Phi) is 4.16. The highest BCUT2D eigenvalue weighted by Crippen LogP contribution is 2.29. The summed E-state index contributed by atoms with van der Waals surface area (Å²) < 4.78 is 0. The molecule has 0 amide bonds. The first-order valence-electron chi connectivity index (χ1n) is 8.73. The molecule has 0 unspecified atom stereocenters. The van der Waals surface area contributed by atoms with Crippen LogP contribution in [0.3, 0.4) is 0 Å². The van der Waals surface area contributed by atoms with Gasteiger partial charge < -0.3 is 9.80 Å². The van der Waals surface area contributed by atoms with Crippen LogP contribution < -0.4 is 9.80 Å². The molecule has 0 spiro atoms. The first-order chi connectivity index (χ1) is 12.6. The fourth-order valence-corrected chi connectivity index (χ4v) is 3.56. The zero-order chi connectivity index (χ0) is 18.1. The average molecular weight is 348 g/mol. The first kappa shape index (κ1) is 16.3. The maximum absolute atomic E-state index is 11.3. The lowest BCUT2D eigenvalue weighted by molar-refractivity contribution is -0.384. The van der Waals surface area contributed by atoms with Gasteiger partial charge in [-0.15, -0.1) is 0 Å². The van der Waals surface area contributed by atoms with E-state index in [9.17, 15) is 10.1 Å². The zero-order valence-corrected chi connectivity index (χ0v) is 14.6. The third-order valence-electron chi connectivity index (χ3n) is 4.93. The molecule has 4 rings (SSSR count). The predicted octanol–water partition coefficient (Wildman–Crippen LogP) is 3.78. The Morgan fingerprint density at radius 3 is 2.38 bits per heavy atom. The lowest BCUT2D eigenvalue weighted by atomic mass is 10.1. The van der Waals surface area contributed by atoms with E-state index in [1.165, 1.54) is 10.9 Å². The van der Waals surface area contributed by atoms with Gasteiger partial charge in [-0.05, 0) is 30.7 Å². The number of benzene rings is 2. The number of nitrogens with zero attached hydrogens (tertiary/aromatic N) is 4. The quantitative estimate of drug-likeness (QED) is 0.532. The van der Waals surface area contributed by atoms with E-state index in [0.29, 0.717) is 5.69 Å². The van der Waals surface area contributed by atoms with Crippen molar-refractivity contribution in [3.05, 3.63) is 70.3 Å². The number of hydrogen-bond acceptors (Lipinski definition) is 5. The second kappa shape index (κ2) is 6.63. The first-order valence-corrected chi connectivity index (χ1v) is 8.73. The van der Waals surface area contributed by atoms with Crippen LogP contribution in [0, 0.1) is 17.0 Å². The van der Waals surface area contributed by atoms with E-state index in [1.807, 2.05) is 30.3 Å². The molecule has 1 aliphatic heterocycles. The molecule has 1 aliphatic rings. The molecule has 0 aliphatic carbocycles. The van der Waals surface area contributed by atoms with Gasteiger partial charge in [0.25, 0.3) is 5.69 Å². The second-order valence-corrected chi connectivity index (χ2v) is 6.53. The van der Waals surface area contributed by atoms with E-state index < -0.39 is 0 Å². The molecule has 2 heterocycles. The molecule has 6 nitrogen and oxygen atoms in total. The number of fused-ring (bicyclic) bond motifs is 1. The molecule has 0 atom stereocenters. The van der Waals surface area contributed by atoms with Gasteiger partial charge in [-0.3, -0.25) is 10.1 Å². The van der Waals surface area contributed by atoms with Crippen LogP contribution in [-0.4, -0.2) is 36.1 Å². The number of rotatable bonds is 3. The number of piperazine rings is 1. The summed E-state index contributed by atoms with van der Waals surface area (Å²) in [5, 5.41) is 12.4. The summed E-state index contributed by atoms with van der Waals surface area (Å²) in [4.78, 5) is 20.1. The van der Waals surface area contributed by atoms with E-state index in [4.69, 9.17) is 4.98 Å². The number of pyridine rings is 1. The average Bonchev–Trinajstić information content (AvgIpc) is 2.68. The summed E-state index contributed by atoms with van der Waals surface area (Å²) in [5.41, 5.74) is 3.08. The number of aromatic nitrogens is 1. The second-order valence-electron chi connectivity index (χ2n) is 6.53. The van der Waals surface area contributed by atoms with Crippen LogP contribution in [-0.2, 0) is 0 Å². The Morgan fingerprint density at radius 1 is 0.962 bits per heavy atom. The van der Waals surface area contributed by atoms with Gasteiger partial charge in [-0.1, -0.05) is 30.3 Å². The van der Waals surface area contributed by atoms with Gasteiger partial charge in [0.05, 0.1) is 10.4 Å². The van der Waals surface area contributed by atoms with E-state index in [2.05, 4.69) is 28.9 Å². The highest BCUT2D eigenvalue weighted by atomic mass is 16.6. The van der Waals surface area contributed by atoms with Crippen molar-refractivity contribution in [1.29, 1.82) is 0 Å². The Hall–Kier alpha value is -3.15. The van der Waals surface area contributed by atoms with Gasteiger partial charge in [-0.2, -0.15) is 0 Å². The Morgan fingerprint density at radius 2 is 1.62 bits per heavy atom. The SMILES string of the molecule is Cc1cc(N2CCN(c3ccccc3[N+](=O)[O-])CC2)nc2ccccc12. The maximum atomic E-state index is 11.3. The lowest BCUT2D eigenvalue weighted by Gasteiger charge is -2.36. The molecule has 0 N–H and O–H groups in total. The highest BCUT2D eigenvalue weighted by Gasteiger charge is 2.24. The summed E-state index contributed by atoms with van der Waals surface area (Å²) in [6, 6.07) is 17.2. The fourth-order valence-electron chi connectivity index (χ4n) is 3.56. The third-order valence-corrected chi connectivity index (χ3v) is 4.93. The Balaban J connectivity index is 1.55. The van der Waals surface area contributed by atoms with Crippen LogP contribution in [0.4, 0.5) is 17.2 Å². The van der Waals surface area contributed by atoms with Crippen LogP contribution in [0.2, 0.25) is 0 Å². The molecule has 0 saturated carbocycles. The number of anilines is 2. The molecule has 1 fully saturated rings. The smallest absolute Gasteiger partial charge is 0.292 e. The van der Waals surface area contributed by atoms with E-state index in [1.54, 1.807) is 12.1 Å². The number of aryl methyl sites for hydroxylation is 1. The van der Waals surface area contributed by atoms with Gasteiger partial charge in [0, 0.05) is 37.6 Å². The molecule has 132 valence electrons. The molecule has 1 saturated heterocycles. The van der Waals surface area contributed by atoms with E-state index in [0.717, 1.165) is 37.5 Å². The summed E-state index contributed by atoms with van der Waals surface area (Å²) >= 11 is 0. The van der Waals surface area contributed by atoms with Crippen molar-refractivity contribution in [3.8, 4) is 0 Å². The van der Waals surface area contributed by atoms with Crippen molar-refractivity contribution < 1.29 is 4.92 Å². The molecule has 3 aromatic rings. The summed E-state index contributed by atoms with van der Waals surface area (Å²) in [6.45, 7) is 5.15. The highest BCUT2D eigenvalue weighted by molar-refractivity contribution is 5.83. The van der Waals surface area contributed by atoms with E-state index in [-0.39, 0.29) is 10.6 Å². The molecule has 0 radical (unpaired) electrons. The normalized spacial score (nSPS) is 14.7. The minimum absolute atomic E-state index is 0.167. The van der Waals surface area contributed by atoms with Crippen LogP contribution in [0.15, 0.2) is 54.6 Å². The van der Waals surface area contributed by atoms with Crippen LogP contribution >= 0.6 is 0 Å². The predicted molar refractivity (Wildman–Crippen MR) is 104 cm³/mol. The standard InChI is InChI=1S/C20H20N4O2/c1-15-14-20(21-17-7-3-2-6-16(15)17)23-12-10-22(11-13-23)18-8-4-5-9-19(18)24(25)26/h2-9,14H,10-13H2,1H3. The fraction of sp³-hybridized carbons (Fsp3) is 0.250. The topological polar surface area (TPSA) is 62.5 Å². The number of hydrogen-bond donors (Lipinski definition) is 0. The monoisotopic (exact) mass is 348 g/mol. The minimum atomic E-state index is -0.310. The van der Waals surface area contributed by atoms with Crippen molar-refractivity contribution in [2.24, 2.45) is 0 Å². The molecule has 0 bridgehead atoms. The van der Waals surface area contributed by atoms with Crippen molar-refractivity contribution in [1.82, 2.24) is 4.98 Å². The number of nitro groups is 1. The van der Waals surface area contributed by atoms with Crippen LogP contribution in [0.5, 0.6) is 0 Å². The van der Waals surface area contributed by atoms with Gasteiger partial charge in [0.2, 0.25) is 0 Å². The van der Waals surface area contributed by atoms with E-state index >= 15 is 0 Å².